The van der Waals surface area contributed by atoms with Crippen molar-refractivity contribution < 1.29 is 19.0 Å². The number of hydrogen-bond acceptors (Lipinski definition) is 7. The van der Waals surface area contributed by atoms with Gasteiger partial charge in [-0.1, -0.05) is 0 Å². The number of carbonyl (C=O) groups excluding carboxylic acids is 1. The molecule has 0 aliphatic carbocycles. The third-order valence-corrected chi connectivity index (χ3v) is 4.97. The Balaban J connectivity index is 1.31. The maximum atomic E-state index is 10.6. The Labute approximate surface area is 165 Å². The molecule has 1 aromatic carbocycles. The van der Waals surface area contributed by atoms with Crippen molar-refractivity contribution in [2.75, 3.05) is 52.5 Å². The van der Waals surface area contributed by atoms with Crippen LogP contribution in [0.15, 0.2) is 24.3 Å². The molecule has 152 valence electrons. The lowest BCUT2D eigenvalue weighted by Gasteiger charge is -2.46. The van der Waals surface area contributed by atoms with E-state index in [0.717, 1.165) is 57.9 Å². The first-order valence-corrected chi connectivity index (χ1v) is 9.78. The van der Waals surface area contributed by atoms with Crippen LogP contribution in [-0.4, -0.2) is 80.6 Å². The Morgan fingerprint density at radius 3 is 2.18 bits per heavy atom. The van der Waals surface area contributed by atoms with Crippen molar-refractivity contribution in [3.8, 4) is 11.8 Å². The van der Waals surface area contributed by atoms with E-state index in [-0.39, 0.29) is 12.2 Å². The first kappa shape index (κ1) is 20.4. The average Bonchev–Trinajstić information content (AvgIpc) is 2.68. The van der Waals surface area contributed by atoms with E-state index in [4.69, 9.17) is 25.2 Å². The van der Waals surface area contributed by atoms with Gasteiger partial charge in [0.1, 0.15) is 5.75 Å². The van der Waals surface area contributed by atoms with Crippen LogP contribution in [0, 0.1) is 11.3 Å². The summed E-state index contributed by atoms with van der Waals surface area (Å²) in [7, 11) is 0. The predicted molar refractivity (Wildman–Crippen MR) is 103 cm³/mol. The van der Waals surface area contributed by atoms with E-state index < -0.39 is 6.09 Å². The van der Waals surface area contributed by atoms with Crippen LogP contribution in [-0.2, 0) is 9.47 Å². The summed E-state index contributed by atoms with van der Waals surface area (Å²) in [5.74, 6) is 0.800. The smallest absolute Gasteiger partial charge is 0.404 e. The summed E-state index contributed by atoms with van der Waals surface area (Å²) in [5, 5.41) is 8.81. The molecule has 28 heavy (non-hydrogen) atoms. The van der Waals surface area contributed by atoms with Crippen LogP contribution in [0.25, 0.3) is 0 Å². The minimum absolute atomic E-state index is 0.226. The van der Waals surface area contributed by atoms with Gasteiger partial charge in [-0.05, 0) is 37.1 Å². The molecule has 2 heterocycles. The van der Waals surface area contributed by atoms with E-state index in [2.05, 4.69) is 15.9 Å². The summed E-state index contributed by atoms with van der Waals surface area (Å²) >= 11 is 0. The quantitative estimate of drug-likeness (QED) is 0.634. The molecule has 2 saturated heterocycles. The van der Waals surface area contributed by atoms with Crippen molar-refractivity contribution in [2.24, 2.45) is 5.73 Å². The van der Waals surface area contributed by atoms with Crippen LogP contribution < -0.4 is 10.5 Å². The van der Waals surface area contributed by atoms with Crippen molar-refractivity contribution in [3.63, 3.8) is 0 Å². The summed E-state index contributed by atoms with van der Waals surface area (Å²) in [6.07, 6.45) is 1.48. The zero-order valence-corrected chi connectivity index (χ0v) is 16.1. The maximum absolute atomic E-state index is 10.6. The number of nitrogens with two attached hydrogens (primary N) is 1. The Bertz CT molecular complexity index is 662. The minimum atomic E-state index is -0.711. The van der Waals surface area contributed by atoms with Crippen LogP contribution in [0.4, 0.5) is 4.79 Å². The van der Waals surface area contributed by atoms with E-state index in [0.29, 0.717) is 18.8 Å². The second-order valence-electron chi connectivity index (χ2n) is 7.26. The number of primary amides is 1. The maximum Gasteiger partial charge on any atom is 0.404 e. The van der Waals surface area contributed by atoms with Crippen molar-refractivity contribution in [3.05, 3.63) is 29.8 Å². The molecule has 2 unspecified atom stereocenters. The number of carbonyl (C=O) groups is 1. The molecule has 2 fully saturated rings. The highest BCUT2D eigenvalue weighted by Gasteiger charge is 2.34. The van der Waals surface area contributed by atoms with Gasteiger partial charge in [0.05, 0.1) is 37.1 Å². The predicted octanol–water partition coefficient (Wildman–Crippen LogP) is 1.20. The molecule has 0 spiro atoms. The summed E-state index contributed by atoms with van der Waals surface area (Å²) < 4.78 is 16.6. The number of nitriles is 1. The minimum Gasteiger partial charge on any atom is -0.494 e. The summed E-state index contributed by atoms with van der Waals surface area (Å²) in [6, 6.07) is 9.31. The van der Waals surface area contributed by atoms with Crippen LogP contribution in [0.5, 0.6) is 5.75 Å². The second-order valence-corrected chi connectivity index (χ2v) is 7.26. The third kappa shape index (κ3) is 6.37. The van der Waals surface area contributed by atoms with Gasteiger partial charge in [-0.25, -0.2) is 4.79 Å². The van der Waals surface area contributed by atoms with E-state index >= 15 is 0 Å². The molecule has 1 amide bonds. The van der Waals surface area contributed by atoms with Gasteiger partial charge in [0.25, 0.3) is 0 Å². The average molecular weight is 388 g/mol. The molecule has 2 atom stereocenters. The number of rotatable bonds is 9. The lowest BCUT2D eigenvalue weighted by molar-refractivity contribution is -0.139. The van der Waals surface area contributed by atoms with Gasteiger partial charge in [0.2, 0.25) is 0 Å². The van der Waals surface area contributed by atoms with E-state index in [1.807, 2.05) is 12.1 Å². The summed E-state index contributed by atoms with van der Waals surface area (Å²) in [4.78, 5) is 15.4. The lowest BCUT2D eigenvalue weighted by atomic mass is 10.1. The molecule has 2 N–H and O–H groups in total. The fourth-order valence-electron chi connectivity index (χ4n) is 3.79. The van der Waals surface area contributed by atoms with Gasteiger partial charge in [0, 0.05) is 39.3 Å². The molecule has 1 aromatic rings. The zero-order chi connectivity index (χ0) is 19.8. The van der Waals surface area contributed by atoms with Crippen LogP contribution in [0.3, 0.4) is 0 Å². The van der Waals surface area contributed by atoms with Crippen molar-refractivity contribution in [1.29, 1.82) is 5.26 Å². The van der Waals surface area contributed by atoms with Gasteiger partial charge in [-0.2, -0.15) is 5.26 Å². The number of fused-ring (bicyclic) bond motifs is 2. The van der Waals surface area contributed by atoms with Gasteiger partial charge < -0.3 is 19.9 Å². The SMILES string of the molecule is N#Cc1ccc(OCCCN2CC3CN(CCCOC(N)=O)CC(C2)O3)cc1. The number of hydrogen-bond donors (Lipinski definition) is 1. The van der Waals surface area contributed by atoms with E-state index in [9.17, 15) is 4.79 Å². The largest absolute Gasteiger partial charge is 0.494 e. The number of nitrogens with zero attached hydrogens (tertiary/aromatic N) is 3. The standard InChI is InChI=1S/C20H28N4O4/c21-11-16-3-5-17(6-4-16)26-9-1-7-23-12-18-14-24(15-19(13-23)28-18)8-2-10-27-20(22)25/h3-6,18-19H,1-2,7-10,12-15H2,(H2,22,25). The molecular weight excluding hydrogens is 360 g/mol. The molecule has 2 aliphatic rings. The van der Waals surface area contributed by atoms with Crippen molar-refractivity contribution in [1.82, 2.24) is 9.80 Å². The van der Waals surface area contributed by atoms with E-state index in [1.165, 1.54) is 0 Å². The summed E-state index contributed by atoms with van der Waals surface area (Å²) in [5.41, 5.74) is 5.62. The molecule has 2 bridgehead atoms. The van der Waals surface area contributed by atoms with Crippen LogP contribution >= 0.6 is 0 Å². The number of amides is 1. The van der Waals surface area contributed by atoms with Crippen LogP contribution in [0.1, 0.15) is 18.4 Å². The number of morpholine rings is 2. The number of benzene rings is 1. The van der Waals surface area contributed by atoms with Crippen LogP contribution in [0.2, 0.25) is 0 Å². The molecule has 0 saturated carbocycles. The van der Waals surface area contributed by atoms with E-state index in [1.54, 1.807) is 12.1 Å². The van der Waals surface area contributed by atoms with Gasteiger partial charge in [-0.3, -0.25) is 9.80 Å². The van der Waals surface area contributed by atoms with Gasteiger partial charge >= 0.3 is 6.09 Å². The monoisotopic (exact) mass is 388 g/mol. The Hall–Kier alpha value is -2.34. The molecular formula is C20H28N4O4. The highest BCUT2D eigenvalue weighted by atomic mass is 16.5. The molecule has 8 heteroatoms. The first-order valence-electron chi connectivity index (χ1n) is 9.78. The number of ether oxygens (including phenoxy) is 3. The topological polar surface area (TPSA) is 101 Å². The molecule has 0 radical (unpaired) electrons. The van der Waals surface area contributed by atoms with Crippen molar-refractivity contribution in [2.45, 2.75) is 25.0 Å². The fourth-order valence-corrected chi connectivity index (χ4v) is 3.79. The molecule has 3 rings (SSSR count). The Kier molecular flexibility index (Phi) is 7.48. The molecule has 0 aromatic heterocycles. The Morgan fingerprint density at radius 1 is 1.07 bits per heavy atom. The second kappa shape index (κ2) is 10.3. The first-order chi connectivity index (χ1) is 13.6. The highest BCUT2D eigenvalue weighted by Crippen LogP contribution is 2.19. The zero-order valence-electron chi connectivity index (χ0n) is 16.1. The summed E-state index contributed by atoms with van der Waals surface area (Å²) in [6.45, 7) is 6.58. The lowest BCUT2D eigenvalue weighted by Crippen LogP contribution is -2.59. The third-order valence-electron chi connectivity index (χ3n) is 4.97. The molecule has 2 aliphatic heterocycles. The Morgan fingerprint density at radius 2 is 1.64 bits per heavy atom. The fraction of sp³-hybridized carbons (Fsp3) is 0.600. The van der Waals surface area contributed by atoms with Crippen molar-refractivity contribution >= 4 is 6.09 Å². The van der Waals surface area contributed by atoms with Gasteiger partial charge in [0.15, 0.2) is 0 Å². The highest BCUT2D eigenvalue weighted by molar-refractivity contribution is 5.64. The molecule has 8 nitrogen and oxygen atoms in total. The normalized spacial score (nSPS) is 22.4. The van der Waals surface area contributed by atoms with Gasteiger partial charge in [-0.15, -0.1) is 0 Å².